The Kier molecular flexibility index (Phi) is 13.3. The molecule has 3 unspecified atom stereocenters. The summed E-state index contributed by atoms with van der Waals surface area (Å²) in [5, 5.41) is 75.7. The van der Waals surface area contributed by atoms with Crippen molar-refractivity contribution in [3.05, 3.63) is 0 Å². The second-order valence-corrected chi connectivity index (χ2v) is 12.5. The SMILES string of the molecule is CC(=O)NC[C@H]1OCC[C@@H](O[C@@H]2O[C@H](CO)[C@H](O)[C@H](OC(CC3CCCCC3)C(=O)O)[C@H]2O)C1OC1O[C@@H](C)[C@@H](O)[C@@H](O)[C@@H]1O. The summed E-state index contributed by atoms with van der Waals surface area (Å²) < 4.78 is 35.2. The Morgan fingerprint density at radius 2 is 1.53 bits per heavy atom. The van der Waals surface area contributed by atoms with Gasteiger partial charge in [-0.2, -0.15) is 0 Å². The number of rotatable bonds is 12. The first-order valence-corrected chi connectivity index (χ1v) is 15.8. The lowest BCUT2D eigenvalue weighted by atomic mass is 9.85. The van der Waals surface area contributed by atoms with E-state index >= 15 is 0 Å². The number of hydrogen-bond acceptors (Lipinski definition) is 14. The van der Waals surface area contributed by atoms with Gasteiger partial charge < -0.3 is 69.5 Å². The molecule has 0 radical (unpaired) electrons. The molecule has 4 rings (SSSR count). The van der Waals surface area contributed by atoms with E-state index < -0.39 is 98.4 Å². The molecule has 45 heavy (non-hydrogen) atoms. The van der Waals surface area contributed by atoms with Gasteiger partial charge in [0.2, 0.25) is 5.91 Å². The average molecular weight is 652 g/mol. The number of nitrogens with one attached hydrogen (secondary N) is 1. The molecule has 3 heterocycles. The molecular formula is C29H49NO15. The third-order valence-corrected chi connectivity index (χ3v) is 9.12. The fraction of sp³-hybridized carbons (Fsp3) is 0.931. The van der Waals surface area contributed by atoms with Gasteiger partial charge in [-0.05, 0) is 25.7 Å². The summed E-state index contributed by atoms with van der Waals surface area (Å²) in [5.74, 6) is -1.47. The third-order valence-electron chi connectivity index (χ3n) is 9.12. The second-order valence-electron chi connectivity index (χ2n) is 12.5. The summed E-state index contributed by atoms with van der Waals surface area (Å²) in [6.45, 7) is 2.20. The molecule has 1 amide bonds. The van der Waals surface area contributed by atoms with Crippen molar-refractivity contribution in [1.82, 2.24) is 5.32 Å². The molecule has 3 aliphatic heterocycles. The van der Waals surface area contributed by atoms with Crippen molar-refractivity contribution < 1.29 is 73.8 Å². The van der Waals surface area contributed by atoms with E-state index in [1.54, 1.807) is 0 Å². The van der Waals surface area contributed by atoms with Crippen molar-refractivity contribution in [2.24, 2.45) is 5.92 Å². The van der Waals surface area contributed by atoms with Crippen LogP contribution in [0.1, 0.15) is 58.8 Å². The number of aliphatic hydroxyl groups is 6. The molecule has 0 spiro atoms. The Morgan fingerprint density at radius 3 is 2.18 bits per heavy atom. The zero-order chi connectivity index (χ0) is 32.8. The highest BCUT2D eigenvalue weighted by molar-refractivity contribution is 5.73. The molecule has 16 heteroatoms. The van der Waals surface area contributed by atoms with E-state index in [0.717, 1.165) is 32.1 Å². The van der Waals surface area contributed by atoms with Gasteiger partial charge in [-0.15, -0.1) is 0 Å². The van der Waals surface area contributed by atoms with Crippen LogP contribution in [-0.4, -0.2) is 153 Å². The van der Waals surface area contributed by atoms with E-state index in [9.17, 15) is 45.3 Å². The van der Waals surface area contributed by atoms with Gasteiger partial charge >= 0.3 is 5.97 Å². The molecule has 3 saturated heterocycles. The van der Waals surface area contributed by atoms with Gasteiger partial charge in [0, 0.05) is 20.1 Å². The van der Waals surface area contributed by atoms with E-state index in [0.29, 0.717) is 0 Å². The number of carbonyl (C=O) groups is 2. The zero-order valence-corrected chi connectivity index (χ0v) is 25.6. The Hall–Kier alpha value is -1.54. The first-order chi connectivity index (χ1) is 21.4. The van der Waals surface area contributed by atoms with Crippen LogP contribution in [0.4, 0.5) is 0 Å². The number of amides is 1. The van der Waals surface area contributed by atoms with Gasteiger partial charge in [-0.25, -0.2) is 4.79 Å². The van der Waals surface area contributed by atoms with Gasteiger partial charge in [-0.1, -0.05) is 32.1 Å². The van der Waals surface area contributed by atoms with Gasteiger partial charge in [0.25, 0.3) is 0 Å². The smallest absolute Gasteiger partial charge is 0.332 e. The van der Waals surface area contributed by atoms with Crippen LogP contribution >= 0.6 is 0 Å². The first-order valence-electron chi connectivity index (χ1n) is 15.8. The number of aliphatic hydroxyl groups excluding tert-OH is 6. The largest absolute Gasteiger partial charge is 0.479 e. The molecule has 4 fully saturated rings. The minimum absolute atomic E-state index is 0.0390. The number of carboxylic acids is 1. The van der Waals surface area contributed by atoms with Crippen molar-refractivity contribution >= 4 is 11.9 Å². The highest BCUT2D eigenvalue weighted by atomic mass is 16.7. The van der Waals surface area contributed by atoms with Gasteiger partial charge in [0.15, 0.2) is 18.7 Å². The summed E-state index contributed by atoms with van der Waals surface area (Å²) >= 11 is 0. The Morgan fingerprint density at radius 1 is 0.844 bits per heavy atom. The summed E-state index contributed by atoms with van der Waals surface area (Å²) in [6, 6.07) is 0. The maximum Gasteiger partial charge on any atom is 0.332 e. The number of hydrogen-bond donors (Lipinski definition) is 8. The lowest BCUT2D eigenvalue weighted by molar-refractivity contribution is -0.355. The van der Waals surface area contributed by atoms with Crippen molar-refractivity contribution in [2.75, 3.05) is 19.8 Å². The molecule has 1 saturated carbocycles. The summed E-state index contributed by atoms with van der Waals surface area (Å²) in [5.41, 5.74) is 0. The minimum Gasteiger partial charge on any atom is -0.479 e. The highest BCUT2D eigenvalue weighted by Gasteiger charge is 2.51. The molecule has 8 N–H and O–H groups in total. The molecule has 4 aliphatic rings. The number of aliphatic carboxylic acids is 1. The lowest BCUT2D eigenvalue weighted by Gasteiger charge is -2.47. The summed E-state index contributed by atoms with van der Waals surface area (Å²) in [7, 11) is 0. The first kappa shape index (κ1) is 36.3. The van der Waals surface area contributed by atoms with Crippen molar-refractivity contribution in [3.63, 3.8) is 0 Å². The maximum absolute atomic E-state index is 12.2. The van der Waals surface area contributed by atoms with Gasteiger partial charge in [-0.3, -0.25) is 4.79 Å². The molecule has 14 atom stereocenters. The van der Waals surface area contributed by atoms with Crippen LogP contribution in [0, 0.1) is 5.92 Å². The van der Waals surface area contributed by atoms with E-state index in [4.69, 9.17) is 28.4 Å². The molecule has 0 aromatic carbocycles. The zero-order valence-electron chi connectivity index (χ0n) is 25.6. The van der Waals surface area contributed by atoms with Crippen LogP contribution in [-0.2, 0) is 38.0 Å². The van der Waals surface area contributed by atoms with Crippen molar-refractivity contribution in [2.45, 2.75) is 145 Å². The fourth-order valence-electron chi connectivity index (χ4n) is 6.48. The standard InChI is InChI=1S/C29H49NO15/c1-13-20(33)22(35)23(36)28(41-13)45-25-16(8-9-40-18(25)11-30-14(2)32)43-29-24(37)26(21(34)19(12-31)44-29)42-17(27(38)39)10-15-6-4-3-5-7-15/h13,15-26,28-29,31,33-37H,3-12H2,1-2H3,(H,30,32)(H,38,39)/t13-,16+,17?,18+,19+,20+,21-,22+,23-,24+,25?,26-,28?,29+/m0/s1. The van der Waals surface area contributed by atoms with Crippen molar-refractivity contribution in [1.29, 1.82) is 0 Å². The second kappa shape index (κ2) is 16.5. The fourth-order valence-corrected chi connectivity index (χ4v) is 6.48. The van der Waals surface area contributed by atoms with Crippen LogP contribution in [0.25, 0.3) is 0 Å². The van der Waals surface area contributed by atoms with Crippen LogP contribution < -0.4 is 5.32 Å². The Balaban J connectivity index is 1.52. The van der Waals surface area contributed by atoms with Gasteiger partial charge in [0.05, 0.1) is 18.8 Å². The lowest BCUT2D eigenvalue weighted by Crippen LogP contribution is -2.64. The Bertz CT molecular complexity index is 953. The van der Waals surface area contributed by atoms with E-state index in [1.165, 1.54) is 13.8 Å². The quantitative estimate of drug-likeness (QED) is 0.111. The summed E-state index contributed by atoms with van der Waals surface area (Å²) in [6.07, 6.45) is -13.6. The van der Waals surface area contributed by atoms with Crippen molar-refractivity contribution in [3.8, 4) is 0 Å². The molecule has 16 nitrogen and oxygen atoms in total. The third kappa shape index (κ3) is 9.09. The minimum atomic E-state index is -1.69. The topological polar surface area (TPSA) is 243 Å². The Labute approximate surface area is 261 Å². The molecule has 0 aromatic rings. The molecular weight excluding hydrogens is 602 g/mol. The van der Waals surface area contributed by atoms with E-state index in [2.05, 4.69) is 5.32 Å². The number of ether oxygens (including phenoxy) is 6. The van der Waals surface area contributed by atoms with Crippen LogP contribution in [0.3, 0.4) is 0 Å². The predicted octanol–water partition coefficient (Wildman–Crippen LogP) is -2.24. The maximum atomic E-state index is 12.2. The molecule has 0 aromatic heterocycles. The molecule has 260 valence electrons. The van der Waals surface area contributed by atoms with Crippen LogP contribution in [0.15, 0.2) is 0 Å². The molecule has 1 aliphatic carbocycles. The highest BCUT2D eigenvalue weighted by Crippen LogP contribution is 2.34. The van der Waals surface area contributed by atoms with E-state index in [1.807, 2.05) is 0 Å². The van der Waals surface area contributed by atoms with Crippen LogP contribution in [0.2, 0.25) is 0 Å². The number of carboxylic acid groups (broad SMARTS) is 1. The monoisotopic (exact) mass is 651 g/mol. The molecule has 0 bridgehead atoms. The number of carbonyl (C=O) groups excluding carboxylic acids is 1. The normalized spacial score (nSPS) is 42.2. The van der Waals surface area contributed by atoms with Gasteiger partial charge in [0.1, 0.15) is 54.9 Å². The summed E-state index contributed by atoms with van der Waals surface area (Å²) in [4.78, 5) is 23.8. The average Bonchev–Trinajstić information content (AvgIpc) is 3.01. The van der Waals surface area contributed by atoms with E-state index in [-0.39, 0.29) is 37.8 Å². The predicted molar refractivity (Wildman–Crippen MR) is 150 cm³/mol. The van der Waals surface area contributed by atoms with Crippen LogP contribution in [0.5, 0.6) is 0 Å².